The third-order valence-corrected chi connectivity index (χ3v) is 1.98. The molecule has 3 N–H and O–H groups in total. The highest BCUT2D eigenvalue weighted by Gasteiger charge is 2.14. The molecule has 0 fully saturated rings. The summed E-state index contributed by atoms with van der Waals surface area (Å²) in [6.07, 6.45) is 0.648. The van der Waals surface area contributed by atoms with Crippen LogP contribution in [-0.4, -0.2) is 29.3 Å². The predicted molar refractivity (Wildman–Crippen MR) is 40.0 cm³/mol. The SMILES string of the molecule is CCC(CO)NP(C)(=O)O. The molecular weight excluding hydrogens is 153 g/mol. The fourth-order valence-electron chi connectivity index (χ4n) is 0.600. The molecule has 62 valence electrons. The number of hydrogen-bond donors (Lipinski definition) is 3. The van der Waals surface area contributed by atoms with Crippen LogP contribution in [-0.2, 0) is 4.57 Å². The lowest BCUT2D eigenvalue weighted by atomic mass is 10.3. The van der Waals surface area contributed by atoms with Crippen LogP contribution in [0.3, 0.4) is 0 Å². The number of hydrogen-bond acceptors (Lipinski definition) is 2. The lowest BCUT2D eigenvalue weighted by molar-refractivity contribution is 0.250. The summed E-state index contributed by atoms with van der Waals surface area (Å²) in [4.78, 5) is 8.78. The van der Waals surface area contributed by atoms with Gasteiger partial charge in [-0.3, -0.25) is 4.57 Å². The first-order chi connectivity index (χ1) is 4.49. The van der Waals surface area contributed by atoms with Gasteiger partial charge in [0.15, 0.2) is 0 Å². The molecule has 0 rings (SSSR count). The fourth-order valence-corrected chi connectivity index (χ4v) is 1.54. The number of aliphatic hydroxyl groups excluding tert-OH is 1. The van der Waals surface area contributed by atoms with E-state index in [0.29, 0.717) is 6.42 Å². The third-order valence-electron chi connectivity index (χ3n) is 1.14. The molecule has 0 bridgehead atoms. The second kappa shape index (κ2) is 4.09. The Morgan fingerprint density at radius 2 is 2.20 bits per heavy atom. The molecule has 0 heterocycles. The van der Waals surface area contributed by atoms with Crippen LogP contribution in [0.15, 0.2) is 0 Å². The van der Waals surface area contributed by atoms with Crippen molar-refractivity contribution in [1.29, 1.82) is 0 Å². The van der Waals surface area contributed by atoms with Gasteiger partial charge in [-0.2, -0.15) is 0 Å². The van der Waals surface area contributed by atoms with E-state index < -0.39 is 7.52 Å². The third kappa shape index (κ3) is 4.94. The molecule has 0 aromatic carbocycles. The van der Waals surface area contributed by atoms with Crippen molar-refractivity contribution >= 4 is 7.52 Å². The maximum atomic E-state index is 10.7. The Labute approximate surface area is 60.8 Å². The van der Waals surface area contributed by atoms with Gasteiger partial charge in [-0.1, -0.05) is 6.92 Å². The highest BCUT2D eigenvalue weighted by molar-refractivity contribution is 7.55. The lowest BCUT2D eigenvalue weighted by Crippen LogP contribution is -2.28. The van der Waals surface area contributed by atoms with Crippen LogP contribution in [0, 0.1) is 0 Å². The standard InChI is InChI=1S/C5H14NO3P/c1-3-5(4-7)6-10(2,8)9/h5,7H,3-4H2,1-2H3,(H2,6,8,9). The Balaban J connectivity index is 3.75. The Hall–Kier alpha value is 0.110. The minimum absolute atomic E-state index is 0.102. The van der Waals surface area contributed by atoms with Crippen molar-refractivity contribution in [3.05, 3.63) is 0 Å². The summed E-state index contributed by atoms with van der Waals surface area (Å²) in [6.45, 7) is 2.95. The van der Waals surface area contributed by atoms with Gasteiger partial charge in [0, 0.05) is 12.7 Å². The molecule has 0 saturated heterocycles. The largest absolute Gasteiger partial charge is 0.395 e. The Kier molecular flexibility index (Phi) is 4.13. The summed E-state index contributed by atoms with van der Waals surface area (Å²) in [7, 11) is -3.16. The lowest BCUT2D eigenvalue weighted by Gasteiger charge is -2.15. The van der Waals surface area contributed by atoms with Crippen molar-refractivity contribution in [2.75, 3.05) is 13.3 Å². The van der Waals surface area contributed by atoms with E-state index in [2.05, 4.69) is 5.09 Å². The van der Waals surface area contributed by atoms with Crippen molar-refractivity contribution in [1.82, 2.24) is 5.09 Å². The summed E-state index contributed by atoms with van der Waals surface area (Å²) >= 11 is 0. The molecule has 10 heavy (non-hydrogen) atoms. The van der Waals surface area contributed by atoms with Crippen LogP contribution in [0.25, 0.3) is 0 Å². The predicted octanol–water partition coefficient (Wildman–Crippen LogP) is 0.162. The van der Waals surface area contributed by atoms with Crippen LogP contribution in [0.2, 0.25) is 0 Å². The zero-order chi connectivity index (χ0) is 8.20. The van der Waals surface area contributed by atoms with E-state index >= 15 is 0 Å². The zero-order valence-corrected chi connectivity index (χ0v) is 7.14. The quantitative estimate of drug-likeness (QED) is 0.522. The normalized spacial score (nSPS) is 20.0. The van der Waals surface area contributed by atoms with Gasteiger partial charge in [0.25, 0.3) is 7.52 Å². The average molecular weight is 167 g/mol. The van der Waals surface area contributed by atoms with E-state index in [1.54, 1.807) is 0 Å². The molecule has 2 atom stereocenters. The van der Waals surface area contributed by atoms with E-state index in [1.807, 2.05) is 6.92 Å². The summed E-state index contributed by atoms with van der Waals surface area (Å²) < 4.78 is 10.7. The Bertz CT molecular complexity index is 129. The monoisotopic (exact) mass is 167 g/mol. The van der Waals surface area contributed by atoms with Gasteiger partial charge in [0.1, 0.15) is 0 Å². The highest BCUT2D eigenvalue weighted by atomic mass is 31.2. The van der Waals surface area contributed by atoms with Gasteiger partial charge < -0.3 is 10.00 Å². The molecule has 0 amide bonds. The van der Waals surface area contributed by atoms with E-state index in [1.165, 1.54) is 6.66 Å². The van der Waals surface area contributed by atoms with Crippen molar-refractivity contribution in [2.45, 2.75) is 19.4 Å². The van der Waals surface area contributed by atoms with Gasteiger partial charge in [0.05, 0.1) is 6.61 Å². The highest BCUT2D eigenvalue weighted by Crippen LogP contribution is 2.29. The first-order valence-corrected chi connectivity index (χ1v) is 5.29. The molecule has 0 saturated carbocycles. The van der Waals surface area contributed by atoms with Crippen LogP contribution in [0.4, 0.5) is 0 Å². The van der Waals surface area contributed by atoms with Crippen LogP contribution < -0.4 is 5.09 Å². The van der Waals surface area contributed by atoms with Gasteiger partial charge in [-0.15, -0.1) is 0 Å². The molecule has 4 nitrogen and oxygen atoms in total. The second-order valence-corrected chi connectivity index (χ2v) is 4.31. The molecular formula is C5H14NO3P. The number of rotatable bonds is 4. The van der Waals surface area contributed by atoms with E-state index in [4.69, 9.17) is 10.00 Å². The van der Waals surface area contributed by atoms with Crippen molar-refractivity contribution in [2.24, 2.45) is 0 Å². The van der Waals surface area contributed by atoms with Crippen LogP contribution >= 0.6 is 7.52 Å². The van der Waals surface area contributed by atoms with Crippen molar-refractivity contribution in [3.63, 3.8) is 0 Å². The summed E-state index contributed by atoms with van der Waals surface area (Å²) in [5.74, 6) is 0. The molecule has 5 heteroatoms. The molecule has 0 aromatic heterocycles. The zero-order valence-electron chi connectivity index (χ0n) is 6.24. The molecule has 0 spiro atoms. The van der Waals surface area contributed by atoms with Gasteiger partial charge >= 0.3 is 0 Å². The van der Waals surface area contributed by atoms with Gasteiger partial charge in [0.2, 0.25) is 0 Å². The van der Waals surface area contributed by atoms with E-state index in [9.17, 15) is 4.57 Å². The first-order valence-electron chi connectivity index (χ1n) is 3.18. The summed E-state index contributed by atoms with van der Waals surface area (Å²) in [6, 6.07) is -0.263. The van der Waals surface area contributed by atoms with Crippen LogP contribution in [0.1, 0.15) is 13.3 Å². The second-order valence-electron chi connectivity index (χ2n) is 2.30. The summed E-state index contributed by atoms with van der Waals surface area (Å²) in [5.41, 5.74) is 0. The van der Waals surface area contributed by atoms with E-state index in [-0.39, 0.29) is 12.6 Å². The number of nitrogens with one attached hydrogen (secondary N) is 1. The molecule has 0 aliphatic heterocycles. The molecule has 0 aliphatic carbocycles. The molecule has 0 aromatic rings. The van der Waals surface area contributed by atoms with Crippen LogP contribution in [0.5, 0.6) is 0 Å². The Morgan fingerprint density at radius 3 is 2.30 bits per heavy atom. The molecule has 0 aliphatic rings. The number of aliphatic hydroxyl groups is 1. The van der Waals surface area contributed by atoms with Gasteiger partial charge in [-0.05, 0) is 6.42 Å². The van der Waals surface area contributed by atoms with Crippen molar-refractivity contribution < 1.29 is 14.6 Å². The molecule has 2 unspecified atom stereocenters. The maximum absolute atomic E-state index is 10.7. The topological polar surface area (TPSA) is 69.6 Å². The average Bonchev–Trinajstić information content (AvgIpc) is 1.81. The van der Waals surface area contributed by atoms with E-state index in [0.717, 1.165) is 0 Å². The smallest absolute Gasteiger partial charge is 0.264 e. The maximum Gasteiger partial charge on any atom is 0.264 e. The summed E-state index contributed by atoms with van der Waals surface area (Å²) in [5, 5.41) is 11.0. The van der Waals surface area contributed by atoms with Crippen molar-refractivity contribution in [3.8, 4) is 0 Å². The minimum atomic E-state index is -3.16. The Morgan fingerprint density at radius 1 is 1.70 bits per heavy atom. The van der Waals surface area contributed by atoms with Gasteiger partial charge in [-0.25, -0.2) is 5.09 Å². The molecule has 0 radical (unpaired) electrons. The minimum Gasteiger partial charge on any atom is -0.395 e. The first kappa shape index (κ1) is 10.1. The fraction of sp³-hybridized carbons (Fsp3) is 1.00.